The van der Waals surface area contributed by atoms with E-state index < -0.39 is 0 Å². The molecule has 0 aliphatic carbocycles. The number of ether oxygens (including phenoxy) is 1. The maximum Gasteiger partial charge on any atom is 0.191 e. The summed E-state index contributed by atoms with van der Waals surface area (Å²) in [5.41, 5.74) is 2.19. The van der Waals surface area contributed by atoms with Crippen molar-refractivity contribution in [3.05, 3.63) is 66.0 Å². The fourth-order valence-corrected chi connectivity index (χ4v) is 2.26. The number of nitrogens with one attached hydrogen (secondary N) is 2. The SMILES string of the molecule is CN=C(NCCCOC(C)c1ccccc1)NCc1ccccn1. The van der Waals surface area contributed by atoms with Gasteiger partial charge in [0, 0.05) is 26.4 Å². The normalized spacial score (nSPS) is 12.7. The van der Waals surface area contributed by atoms with Gasteiger partial charge in [0.1, 0.15) is 0 Å². The first-order valence-electron chi connectivity index (χ1n) is 8.30. The topological polar surface area (TPSA) is 58.5 Å². The summed E-state index contributed by atoms with van der Waals surface area (Å²) >= 11 is 0. The van der Waals surface area contributed by atoms with E-state index in [1.165, 1.54) is 5.56 Å². The molecule has 1 aromatic carbocycles. The van der Waals surface area contributed by atoms with Gasteiger partial charge in [-0.1, -0.05) is 36.4 Å². The van der Waals surface area contributed by atoms with E-state index in [9.17, 15) is 0 Å². The Morgan fingerprint density at radius 1 is 1.12 bits per heavy atom. The van der Waals surface area contributed by atoms with Gasteiger partial charge in [0.25, 0.3) is 0 Å². The Hall–Kier alpha value is -2.40. The number of rotatable bonds is 8. The van der Waals surface area contributed by atoms with E-state index in [2.05, 4.69) is 39.7 Å². The van der Waals surface area contributed by atoms with Crippen molar-refractivity contribution in [1.29, 1.82) is 0 Å². The summed E-state index contributed by atoms with van der Waals surface area (Å²) in [6, 6.07) is 16.1. The van der Waals surface area contributed by atoms with Crippen molar-refractivity contribution in [3.63, 3.8) is 0 Å². The first-order chi connectivity index (χ1) is 11.8. The molecule has 2 rings (SSSR count). The lowest BCUT2D eigenvalue weighted by molar-refractivity contribution is 0.0646. The zero-order valence-electron chi connectivity index (χ0n) is 14.4. The third-order valence-corrected chi connectivity index (χ3v) is 3.64. The van der Waals surface area contributed by atoms with Gasteiger partial charge in [0.15, 0.2) is 5.96 Å². The van der Waals surface area contributed by atoms with Crippen molar-refractivity contribution in [1.82, 2.24) is 15.6 Å². The lowest BCUT2D eigenvalue weighted by Crippen LogP contribution is -2.37. The van der Waals surface area contributed by atoms with Crippen molar-refractivity contribution in [2.75, 3.05) is 20.2 Å². The van der Waals surface area contributed by atoms with Crippen molar-refractivity contribution < 1.29 is 4.74 Å². The molecule has 0 fully saturated rings. The van der Waals surface area contributed by atoms with Crippen LogP contribution >= 0.6 is 0 Å². The van der Waals surface area contributed by atoms with Crippen LogP contribution in [0.15, 0.2) is 59.7 Å². The van der Waals surface area contributed by atoms with E-state index in [4.69, 9.17) is 4.74 Å². The summed E-state index contributed by atoms with van der Waals surface area (Å²) in [5.74, 6) is 0.775. The minimum Gasteiger partial charge on any atom is -0.374 e. The average molecular weight is 326 g/mol. The maximum absolute atomic E-state index is 5.86. The largest absolute Gasteiger partial charge is 0.374 e. The maximum atomic E-state index is 5.86. The molecule has 0 bridgehead atoms. The van der Waals surface area contributed by atoms with E-state index >= 15 is 0 Å². The van der Waals surface area contributed by atoms with Crippen molar-refractivity contribution >= 4 is 5.96 Å². The van der Waals surface area contributed by atoms with E-state index in [1.54, 1.807) is 13.2 Å². The fourth-order valence-electron chi connectivity index (χ4n) is 2.26. The second-order valence-electron chi connectivity index (χ2n) is 5.45. The van der Waals surface area contributed by atoms with Gasteiger partial charge in [-0.2, -0.15) is 0 Å². The molecule has 5 heteroatoms. The average Bonchev–Trinajstić information content (AvgIpc) is 2.65. The van der Waals surface area contributed by atoms with Gasteiger partial charge >= 0.3 is 0 Å². The van der Waals surface area contributed by atoms with Crippen LogP contribution in [0.5, 0.6) is 0 Å². The minimum atomic E-state index is 0.118. The molecule has 0 aliphatic heterocycles. The number of pyridine rings is 1. The van der Waals surface area contributed by atoms with Gasteiger partial charge in [0.2, 0.25) is 0 Å². The van der Waals surface area contributed by atoms with E-state index in [1.807, 2.05) is 36.4 Å². The van der Waals surface area contributed by atoms with Crippen LogP contribution in [0.1, 0.15) is 30.7 Å². The van der Waals surface area contributed by atoms with Gasteiger partial charge in [0.05, 0.1) is 18.3 Å². The second-order valence-corrected chi connectivity index (χ2v) is 5.45. The van der Waals surface area contributed by atoms with Gasteiger partial charge in [-0.25, -0.2) is 0 Å². The Morgan fingerprint density at radius 3 is 2.62 bits per heavy atom. The van der Waals surface area contributed by atoms with Crippen LogP contribution in [-0.2, 0) is 11.3 Å². The van der Waals surface area contributed by atoms with Crippen LogP contribution in [0.4, 0.5) is 0 Å². The third kappa shape index (κ3) is 6.38. The van der Waals surface area contributed by atoms with E-state index in [0.717, 1.165) is 24.6 Å². The Balaban J connectivity index is 1.60. The lowest BCUT2D eigenvalue weighted by atomic mass is 10.1. The number of nitrogens with zero attached hydrogens (tertiary/aromatic N) is 2. The van der Waals surface area contributed by atoms with Crippen LogP contribution in [0, 0.1) is 0 Å². The zero-order valence-corrected chi connectivity index (χ0v) is 14.4. The summed E-state index contributed by atoms with van der Waals surface area (Å²) in [7, 11) is 1.77. The first kappa shape index (κ1) is 17.9. The molecule has 0 saturated carbocycles. The van der Waals surface area contributed by atoms with Crippen molar-refractivity contribution in [2.24, 2.45) is 4.99 Å². The van der Waals surface area contributed by atoms with Gasteiger partial charge in [-0.15, -0.1) is 0 Å². The number of hydrogen-bond donors (Lipinski definition) is 2. The Bertz CT molecular complexity index is 601. The molecule has 1 unspecified atom stereocenters. The molecule has 0 spiro atoms. The Labute approximate surface area is 144 Å². The summed E-state index contributed by atoms with van der Waals surface area (Å²) in [5, 5.41) is 6.53. The molecule has 1 atom stereocenters. The van der Waals surface area contributed by atoms with Crippen LogP contribution in [0.2, 0.25) is 0 Å². The Morgan fingerprint density at radius 2 is 1.92 bits per heavy atom. The molecule has 0 aliphatic rings. The van der Waals surface area contributed by atoms with Crippen LogP contribution in [-0.4, -0.2) is 31.1 Å². The van der Waals surface area contributed by atoms with Crippen LogP contribution in [0.3, 0.4) is 0 Å². The molecular weight excluding hydrogens is 300 g/mol. The minimum absolute atomic E-state index is 0.118. The van der Waals surface area contributed by atoms with E-state index in [0.29, 0.717) is 13.2 Å². The highest BCUT2D eigenvalue weighted by molar-refractivity contribution is 5.79. The number of hydrogen-bond acceptors (Lipinski definition) is 3. The molecule has 128 valence electrons. The molecular formula is C19H26N4O. The fraction of sp³-hybridized carbons (Fsp3) is 0.368. The molecule has 2 N–H and O–H groups in total. The second kappa shape index (κ2) is 10.4. The number of guanidine groups is 1. The summed E-state index contributed by atoms with van der Waals surface area (Å²) in [4.78, 5) is 8.49. The predicted octanol–water partition coefficient (Wildman–Crippen LogP) is 2.91. The summed E-state index contributed by atoms with van der Waals surface area (Å²) in [6.07, 6.45) is 2.83. The van der Waals surface area contributed by atoms with Gasteiger partial charge in [-0.3, -0.25) is 9.98 Å². The standard InChI is InChI=1S/C19H26N4O/c1-16(17-9-4-3-5-10-17)24-14-8-13-22-19(20-2)23-15-18-11-6-7-12-21-18/h3-7,9-12,16H,8,13-15H2,1-2H3,(H2,20,22,23). The zero-order chi connectivity index (χ0) is 17.0. The van der Waals surface area contributed by atoms with Crippen LogP contribution in [0.25, 0.3) is 0 Å². The lowest BCUT2D eigenvalue weighted by Gasteiger charge is -2.14. The smallest absolute Gasteiger partial charge is 0.191 e. The molecule has 0 amide bonds. The molecule has 0 saturated heterocycles. The first-order valence-corrected chi connectivity index (χ1v) is 8.30. The van der Waals surface area contributed by atoms with Gasteiger partial charge in [-0.05, 0) is 31.0 Å². The van der Waals surface area contributed by atoms with Crippen molar-refractivity contribution in [3.8, 4) is 0 Å². The number of aromatic nitrogens is 1. The highest BCUT2D eigenvalue weighted by Crippen LogP contribution is 2.15. The molecule has 1 aromatic heterocycles. The third-order valence-electron chi connectivity index (χ3n) is 3.64. The molecule has 1 heterocycles. The van der Waals surface area contributed by atoms with Crippen molar-refractivity contribution in [2.45, 2.75) is 26.0 Å². The molecule has 0 radical (unpaired) electrons. The van der Waals surface area contributed by atoms with E-state index in [-0.39, 0.29) is 6.10 Å². The Kier molecular flexibility index (Phi) is 7.77. The molecule has 2 aromatic rings. The van der Waals surface area contributed by atoms with Gasteiger partial charge < -0.3 is 15.4 Å². The highest BCUT2D eigenvalue weighted by Gasteiger charge is 2.04. The number of aliphatic imine (C=N–C) groups is 1. The molecule has 24 heavy (non-hydrogen) atoms. The summed E-state index contributed by atoms with van der Waals surface area (Å²) < 4.78 is 5.86. The van der Waals surface area contributed by atoms with Crippen LogP contribution < -0.4 is 10.6 Å². The number of benzene rings is 1. The summed E-state index contributed by atoms with van der Waals surface area (Å²) in [6.45, 7) is 4.25. The quantitative estimate of drug-likeness (QED) is 0.445. The molecule has 5 nitrogen and oxygen atoms in total. The predicted molar refractivity (Wildman–Crippen MR) is 97.9 cm³/mol. The monoisotopic (exact) mass is 326 g/mol. The highest BCUT2D eigenvalue weighted by atomic mass is 16.5.